The van der Waals surface area contributed by atoms with Gasteiger partial charge in [0.25, 0.3) is 5.91 Å². The summed E-state index contributed by atoms with van der Waals surface area (Å²) in [5.41, 5.74) is 2.24. The highest BCUT2D eigenvalue weighted by atomic mass is 32.2. The van der Waals surface area contributed by atoms with Crippen LogP contribution in [0, 0.1) is 0 Å². The van der Waals surface area contributed by atoms with Crippen molar-refractivity contribution in [3.63, 3.8) is 0 Å². The molecule has 1 aliphatic rings. The molecule has 0 aliphatic carbocycles. The van der Waals surface area contributed by atoms with Gasteiger partial charge in [0, 0.05) is 27.8 Å². The van der Waals surface area contributed by atoms with Gasteiger partial charge in [0.2, 0.25) is 0 Å². The molecule has 0 saturated heterocycles. The topological polar surface area (TPSA) is 46.1 Å². The zero-order chi connectivity index (χ0) is 17.4. The zero-order valence-electron chi connectivity index (χ0n) is 13.9. The van der Waals surface area contributed by atoms with E-state index in [2.05, 4.69) is 29.9 Å². The molecule has 0 fully saturated rings. The summed E-state index contributed by atoms with van der Waals surface area (Å²) < 4.78 is 0. The number of aromatic nitrogens is 2. The molecule has 0 bridgehead atoms. The summed E-state index contributed by atoms with van der Waals surface area (Å²) in [7, 11) is 0. The van der Waals surface area contributed by atoms with E-state index >= 15 is 0 Å². The lowest BCUT2D eigenvalue weighted by Crippen LogP contribution is -2.46. The standard InChI is InChI=1S/C19H17N3OS2/c1-12-13(2)25-17-9-4-3-8-16(17)22(12)19(23)15-11-24-18(21-15)14-7-5-6-10-20-14/h3-13H,1-2H3/t12-,13+/m1/s1. The first-order valence-electron chi connectivity index (χ1n) is 8.11. The van der Waals surface area contributed by atoms with Crippen molar-refractivity contribution in [2.24, 2.45) is 0 Å². The van der Waals surface area contributed by atoms with Crippen LogP contribution in [0.2, 0.25) is 0 Å². The predicted octanol–water partition coefficient (Wildman–Crippen LogP) is 4.73. The minimum absolute atomic E-state index is 0.0504. The number of nitrogens with zero attached hydrogens (tertiary/aromatic N) is 3. The lowest BCUT2D eigenvalue weighted by molar-refractivity contribution is 0.0973. The number of benzene rings is 1. The molecule has 1 aromatic carbocycles. The number of fused-ring (bicyclic) bond motifs is 1. The van der Waals surface area contributed by atoms with Crippen LogP contribution in [0.4, 0.5) is 5.69 Å². The summed E-state index contributed by atoms with van der Waals surface area (Å²) >= 11 is 3.27. The first kappa shape index (κ1) is 16.3. The van der Waals surface area contributed by atoms with Gasteiger partial charge in [-0.15, -0.1) is 23.1 Å². The van der Waals surface area contributed by atoms with E-state index in [9.17, 15) is 4.79 Å². The Kier molecular flexibility index (Phi) is 4.31. The Morgan fingerprint density at radius 1 is 1.12 bits per heavy atom. The fourth-order valence-electron chi connectivity index (χ4n) is 2.88. The fourth-order valence-corrected chi connectivity index (χ4v) is 4.81. The highest BCUT2D eigenvalue weighted by Crippen LogP contribution is 2.42. The van der Waals surface area contributed by atoms with Gasteiger partial charge in [0.15, 0.2) is 0 Å². The molecule has 4 nitrogen and oxygen atoms in total. The molecule has 2 aromatic heterocycles. The number of pyridine rings is 1. The van der Waals surface area contributed by atoms with Gasteiger partial charge in [0.05, 0.1) is 11.4 Å². The molecule has 0 radical (unpaired) electrons. The molecule has 1 aliphatic heterocycles. The minimum Gasteiger partial charge on any atom is -0.302 e. The van der Waals surface area contributed by atoms with Crippen molar-refractivity contribution in [2.45, 2.75) is 30.0 Å². The Hall–Kier alpha value is -2.18. The Balaban J connectivity index is 1.70. The average Bonchev–Trinajstić information content (AvgIpc) is 3.13. The zero-order valence-corrected chi connectivity index (χ0v) is 15.6. The third kappa shape index (κ3) is 2.96. The Bertz CT molecular complexity index is 910. The first-order chi connectivity index (χ1) is 12.1. The van der Waals surface area contributed by atoms with Crippen LogP contribution in [0.25, 0.3) is 10.7 Å². The van der Waals surface area contributed by atoms with E-state index in [1.165, 1.54) is 11.3 Å². The average molecular weight is 367 g/mol. The van der Waals surface area contributed by atoms with Gasteiger partial charge in [-0.25, -0.2) is 4.98 Å². The van der Waals surface area contributed by atoms with Crippen molar-refractivity contribution in [2.75, 3.05) is 4.90 Å². The van der Waals surface area contributed by atoms with E-state index < -0.39 is 0 Å². The van der Waals surface area contributed by atoms with Crippen molar-refractivity contribution < 1.29 is 4.79 Å². The second-order valence-corrected chi connectivity index (χ2v) is 8.24. The fraction of sp³-hybridized carbons (Fsp3) is 0.211. The third-order valence-electron chi connectivity index (χ3n) is 4.35. The maximum atomic E-state index is 13.2. The molecular weight excluding hydrogens is 350 g/mol. The van der Waals surface area contributed by atoms with Crippen LogP contribution in [0.3, 0.4) is 0 Å². The maximum Gasteiger partial charge on any atom is 0.278 e. The van der Waals surface area contributed by atoms with Crippen molar-refractivity contribution in [1.29, 1.82) is 0 Å². The van der Waals surface area contributed by atoms with E-state index in [4.69, 9.17) is 0 Å². The SMILES string of the molecule is C[C@@H]1Sc2ccccc2N(C(=O)c2csc(-c3ccccn3)n2)[C@@H]1C. The van der Waals surface area contributed by atoms with E-state index in [1.807, 2.05) is 58.4 Å². The Morgan fingerprint density at radius 3 is 2.72 bits per heavy atom. The Labute approximate surface area is 154 Å². The van der Waals surface area contributed by atoms with Crippen molar-refractivity contribution in [3.8, 4) is 10.7 Å². The molecule has 0 N–H and O–H groups in total. The number of para-hydroxylation sites is 1. The molecule has 3 aromatic rings. The second kappa shape index (κ2) is 6.61. The quantitative estimate of drug-likeness (QED) is 0.657. The summed E-state index contributed by atoms with van der Waals surface area (Å²) in [5, 5.41) is 2.92. The van der Waals surface area contributed by atoms with Gasteiger partial charge in [0.1, 0.15) is 10.7 Å². The molecular formula is C19H17N3OS2. The number of carbonyl (C=O) groups excluding carboxylic acids is 1. The lowest BCUT2D eigenvalue weighted by Gasteiger charge is -2.38. The van der Waals surface area contributed by atoms with E-state index in [-0.39, 0.29) is 11.9 Å². The van der Waals surface area contributed by atoms with Gasteiger partial charge < -0.3 is 4.90 Å². The number of anilines is 1. The Morgan fingerprint density at radius 2 is 1.92 bits per heavy atom. The number of hydrogen-bond acceptors (Lipinski definition) is 5. The number of hydrogen-bond donors (Lipinski definition) is 0. The van der Waals surface area contributed by atoms with Crippen LogP contribution in [0.15, 0.2) is 58.9 Å². The molecule has 126 valence electrons. The normalized spacial score (nSPS) is 19.5. The number of carbonyl (C=O) groups is 1. The van der Waals surface area contributed by atoms with E-state index in [0.29, 0.717) is 10.9 Å². The largest absolute Gasteiger partial charge is 0.302 e. The van der Waals surface area contributed by atoms with Gasteiger partial charge >= 0.3 is 0 Å². The van der Waals surface area contributed by atoms with Crippen LogP contribution in [0.1, 0.15) is 24.3 Å². The van der Waals surface area contributed by atoms with Crippen molar-refractivity contribution in [1.82, 2.24) is 9.97 Å². The van der Waals surface area contributed by atoms with E-state index in [1.54, 1.807) is 6.20 Å². The van der Waals surface area contributed by atoms with Gasteiger partial charge in [-0.05, 0) is 31.2 Å². The number of rotatable bonds is 2. The second-order valence-electron chi connectivity index (χ2n) is 5.96. The summed E-state index contributed by atoms with van der Waals surface area (Å²) in [6, 6.07) is 13.9. The highest BCUT2D eigenvalue weighted by Gasteiger charge is 2.34. The van der Waals surface area contributed by atoms with Crippen LogP contribution in [-0.4, -0.2) is 27.2 Å². The molecule has 0 unspecified atom stereocenters. The van der Waals surface area contributed by atoms with E-state index in [0.717, 1.165) is 21.3 Å². The summed E-state index contributed by atoms with van der Waals surface area (Å²) in [4.78, 5) is 25.1. The molecule has 0 saturated carbocycles. The van der Waals surface area contributed by atoms with Crippen LogP contribution >= 0.6 is 23.1 Å². The summed E-state index contributed by atoms with van der Waals surface area (Å²) in [5.74, 6) is -0.0504. The van der Waals surface area contributed by atoms with Crippen LogP contribution in [-0.2, 0) is 0 Å². The molecule has 2 atom stereocenters. The van der Waals surface area contributed by atoms with Crippen molar-refractivity contribution >= 4 is 34.7 Å². The van der Waals surface area contributed by atoms with Crippen LogP contribution in [0.5, 0.6) is 0 Å². The molecule has 3 heterocycles. The smallest absolute Gasteiger partial charge is 0.278 e. The molecule has 25 heavy (non-hydrogen) atoms. The molecule has 4 rings (SSSR count). The van der Waals surface area contributed by atoms with Crippen LogP contribution < -0.4 is 4.90 Å². The molecule has 0 spiro atoms. The summed E-state index contributed by atoms with van der Waals surface area (Å²) in [6.07, 6.45) is 1.74. The van der Waals surface area contributed by atoms with Gasteiger partial charge in [-0.1, -0.05) is 25.1 Å². The van der Waals surface area contributed by atoms with Crippen molar-refractivity contribution in [3.05, 3.63) is 59.7 Å². The summed E-state index contributed by atoms with van der Waals surface area (Å²) in [6.45, 7) is 4.25. The van der Waals surface area contributed by atoms with Gasteiger partial charge in [-0.2, -0.15) is 0 Å². The number of amides is 1. The number of thiazole rings is 1. The maximum absolute atomic E-state index is 13.2. The predicted molar refractivity (Wildman–Crippen MR) is 103 cm³/mol. The first-order valence-corrected chi connectivity index (χ1v) is 9.87. The monoisotopic (exact) mass is 367 g/mol. The third-order valence-corrected chi connectivity index (χ3v) is 6.58. The number of thioether (sulfide) groups is 1. The molecule has 6 heteroatoms. The van der Waals surface area contributed by atoms with Gasteiger partial charge in [-0.3, -0.25) is 9.78 Å². The lowest BCUT2D eigenvalue weighted by atomic mass is 10.1. The molecule has 1 amide bonds. The minimum atomic E-state index is -0.0504. The highest BCUT2D eigenvalue weighted by molar-refractivity contribution is 8.00.